The van der Waals surface area contributed by atoms with Crippen LogP contribution in [0.5, 0.6) is 0 Å². The lowest BCUT2D eigenvalue weighted by molar-refractivity contribution is -0.206. The van der Waals surface area contributed by atoms with E-state index in [1.54, 1.807) is 5.06 Å². The molecule has 1 saturated heterocycles. The van der Waals surface area contributed by atoms with Crippen LogP contribution in [-0.4, -0.2) is 36.7 Å². The summed E-state index contributed by atoms with van der Waals surface area (Å²) in [4.78, 5) is 17.4. The molecule has 2 rings (SSSR count). The van der Waals surface area contributed by atoms with Gasteiger partial charge in [0.25, 0.3) is 5.91 Å². The van der Waals surface area contributed by atoms with Crippen LogP contribution in [0.15, 0.2) is 0 Å². The van der Waals surface area contributed by atoms with Gasteiger partial charge in [0.1, 0.15) is 0 Å². The summed E-state index contributed by atoms with van der Waals surface area (Å²) < 4.78 is 0. The molecule has 1 saturated carbocycles. The Kier molecular flexibility index (Phi) is 2.74. The molecule has 4 heteroatoms. The van der Waals surface area contributed by atoms with E-state index in [2.05, 4.69) is 5.32 Å². The molecule has 0 unspecified atom stereocenters. The molecule has 80 valence electrons. The van der Waals surface area contributed by atoms with E-state index in [1.165, 1.54) is 0 Å². The molecule has 0 radical (unpaired) electrons. The summed E-state index contributed by atoms with van der Waals surface area (Å²) in [5, 5.41) is 4.70. The predicted octanol–water partition coefficient (Wildman–Crippen LogP) is 0.682. The number of carbonyl (C=O) groups is 1. The van der Waals surface area contributed by atoms with Crippen molar-refractivity contribution in [2.75, 3.05) is 20.2 Å². The molecule has 0 aromatic rings. The minimum absolute atomic E-state index is 0.131. The number of nitrogens with zero attached hydrogens (tertiary/aromatic N) is 1. The van der Waals surface area contributed by atoms with Gasteiger partial charge in [-0.2, -0.15) is 0 Å². The lowest BCUT2D eigenvalue weighted by Crippen LogP contribution is -2.61. The Morgan fingerprint density at radius 1 is 1.36 bits per heavy atom. The van der Waals surface area contributed by atoms with Crippen LogP contribution in [-0.2, 0) is 9.63 Å². The fourth-order valence-electron chi connectivity index (χ4n) is 2.10. The van der Waals surface area contributed by atoms with E-state index in [1.807, 2.05) is 7.05 Å². The first-order chi connectivity index (χ1) is 6.78. The van der Waals surface area contributed by atoms with Gasteiger partial charge >= 0.3 is 0 Å². The van der Waals surface area contributed by atoms with Gasteiger partial charge in [-0.05, 0) is 39.2 Å². The van der Waals surface area contributed by atoms with E-state index in [-0.39, 0.29) is 11.4 Å². The van der Waals surface area contributed by atoms with Crippen molar-refractivity contribution in [3.8, 4) is 0 Å². The van der Waals surface area contributed by atoms with E-state index in [9.17, 15) is 4.79 Å². The first kappa shape index (κ1) is 9.93. The Bertz CT molecular complexity index is 215. The van der Waals surface area contributed by atoms with Gasteiger partial charge in [-0.25, -0.2) is 5.06 Å². The molecule has 0 aromatic heterocycles. The molecule has 1 N–H and O–H groups in total. The number of hydrogen-bond acceptors (Lipinski definition) is 3. The van der Waals surface area contributed by atoms with Gasteiger partial charge in [0.05, 0.1) is 12.1 Å². The van der Waals surface area contributed by atoms with Crippen LogP contribution in [0.2, 0.25) is 0 Å². The SMILES string of the molecule is CNC1(C(=O)N2CCCCO2)CCC1. The molecule has 1 amide bonds. The smallest absolute Gasteiger partial charge is 0.266 e. The van der Waals surface area contributed by atoms with Crippen molar-refractivity contribution in [2.45, 2.75) is 37.6 Å². The molecule has 0 spiro atoms. The van der Waals surface area contributed by atoms with E-state index in [0.717, 1.165) is 38.6 Å². The van der Waals surface area contributed by atoms with Crippen molar-refractivity contribution in [2.24, 2.45) is 0 Å². The second-order valence-electron chi connectivity index (χ2n) is 4.13. The topological polar surface area (TPSA) is 41.6 Å². The molecule has 1 heterocycles. The number of likely N-dealkylation sites (N-methyl/N-ethyl adjacent to an activating group) is 1. The summed E-state index contributed by atoms with van der Waals surface area (Å²) in [5.74, 6) is 0.131. The summed E-state index contributed by atoms with van der Waals surface area (Å²) in [6.07, 6.45) is 5.16. The Hall–Kier alpha value is -0.610. The lowest BCUT2D eigenvalue weighted by atomic mass is 9.76. The van der Waals surface area contributed by atoms with Gasteiger partial charge in [0, 0.05) is 6.54 Å². The minimum Gasteiger partial charge on any atom is -0.306 e. The maximum Gasteiger partial charge on any atom is 0.266 e. The number of amides is 1. The van der Waals surface area contributed by atoms with E-state index in [0.29, 0.717) is 6.61 Å². The van der Waals surface area contributed by atoms with Crippen LogP contribution in [0.25, 0.3) is 0 Å². The largest absolute Gasteiger partial charge is 0.306 e. The quantitative estimate of drug-likeness (QED) is 0.709. The summed E-state index contributed by atoms with van der Waals surface area (Å²) >= 11 is 0. The Balaban J connectivity index is 1.98. The standard InChI is InChI=1S/C10H18N2O2/c1-11-10(5-4-6-10)9(13)12-7-2-3-8-14-12/h11H,2-8H2,1H3. The Labute approximate surface area is 84.6 Å². The maximum atomic E-state index is 12.1. The highest BCUT2D eigenvalue weighted by molar-refractivity contribution is 5.86. The van der Waals surface area contributed by atoms with Gasteiger partial charge in [0.15, 0.2) is 0 Å². The highest BCUT2D eigenvalue weighted by Gasteiger charge is 2.45. The van der Waals surface area contributed by atoms with Crippen molar-refractivity contribution in [1.29, 1.82) is 0 Å². The van der Waals surface area contributed by atoms with Crippen molar-refractivity contribution in [3.05, 3.63) is 0 Å². The maximum absolute atomic E-state index is 12.1. The number of nitrogens with one attached hydrogen (secondary N) is 1. The van der Waals surface area contributed by atoms with Crippen molar-refractivity contribution >= 4 is 5.91 Å². The molecule has 2 fully saturated rings. The van der Waals surface area contributed by atoms with E-state index >= 15 is 0 Å². The summed E-state index contributed by atoms with van der Waals surface area (Å²) in [5.41, 5.74) is -0.308. The van der Waals surface area contributed by atoms with E-state index in [4.69, 9.17) is 4.84 Å². The Morgan fingerprint density at radius 2 is 2.14 bits per heavy atom. The van der Waals surface area contributed by atoms with Crippen LogP contribution in [0.4, 0.5) is 0 Å². The highest BCUT2D eigenvalue weighted by Crippen LogP contribution is 2.33. The van der Waals surface area contributed by atoms with Crippen molar-refractivity contribution < 1.29 is 9.63 Å². The molecule has 1 aliphatic heterocycles. The average Bonchev–Trinajstić information content (AvgIpc) is 2.18. The third-order valence-corrected chi connectivity index (χ3v) is 3.32. The molecule has 1 aliphatic carbocycles. The number of rotatable bonds is 2. The summed E-state index contributed by atoms with van der Waals surface area (Å²) in [6.45, 7) is 1.44. The molecule has 4 nitrogen and oxygen atoms in total. The first-order valence-corrected chi connectivity index (χ1v) is 5.42. The van der Waals surface area contributed by atoms with Gasteiger partial charge in [0.2, 0.25) is 0 Å². The third-order valence-electron chi connectivity index (χ3n) is 3.32. The average molecular weight is 198 g/mol. The monoisotopic (exact) mass is 198 g/mol. The molecule has 2 aliphatic rings. The number of carbonyl (C=O) groups excluding carboxylic acids is 1. The van der Waals surface area contributed by atoms with E-state index < -0.39 is 0 Å². The van der Waals surface area contributed by atoms with Crippen molar-refractivity contribution in [1.82, 2.24) is 10.4 Å². The van der Waals surface area contributed by atoms with Crippen LogP contribution in [0.1, 0.15) is 32.1 Å². The molecule has 14 heavy (non-hydrogen) atoms. The molecule has 0 bridgehead atoms. The second-order valence-corrected chi connectivity index (χ2v) is 4.13. The summed E-state index contributed by atoms with van der Waals surface area (Å²) in [6, 6.07) is 0. The molecule has 0 atom stereocenters. The Morgan fingerprint density at radius 3 is 2.57 bits per heavy atom. The van der Waals surface area contributed by atoms with Crippen LogP contribution in [0, 0.1) is 0 Å². The number of hydroxylamine groups is 2. The number of hydrogen-bond donors (Lipinski definition) is 1. The lowest BCUT2D eigenvalue weighted by Gasteiger charge is -2.43. The zero-order valence-electron chi connectivity index (χ0n) is 8.71. The van der Waals surface area contributed by atoms with Gasteiger partial charge in [-0.3, -0.25) is 9.63 Å². The predicted molar refractivity (Wildman–Crippen MR) is 52.5 cm³/mol. The van der Waals surface area contributed by atoms with Gasteiger partial charge in [-0.15, -0.1) is 0 Å². The fraction of sp³-hybridized carbons (Fsp3) is 0.900. The second kappa shape index (κ2) is 3.87. The molecule has 0 aromatic carbocycles. The van der Waals surface area contributed by atoms with Crippen molar-refractivity contribution in [3.63, 3.8) is 0 Å². The molecular formula is C10H18N2O2. The minimum atomic E-state index is -0.308. The zero-order chi connectivity index (χ0) is 10.0. The van der Waals surface area contributed by atoms with Crippen LogP contribution >= 0.6 is 0 Å². The molecular weight excluding hydrogens is 180 g/mol. The first-order valence-electron chi connectivity index (χ1n) is 5.42. The van der Waals surface area contributed by atoms with Crippen LogP contribution in [0.3, 0.4) is 0 Å². The third kappa shape index (κ3) is 1.53. The summed E-state index contributed by atoms with van der Waals surface area (Å²) in [7, 11) is 1.86. The normalized spacial score (nSPS) is 25.6. The highest BCUT2D eigenvalue weighted by atomic mass is 16.7. The zero-order valence-corrected chi connectivity index (χ0v) is 8.71. The fourth-order valence-corrected chi connectivity index (χ4v) is 2.10. The van der Waals surface area contributed by atoms with Gasteiger partial charge < -0.3 is 5.32 Å². The van der Waals surface area contributed by atoms with Crippen LogP contribution < -0.4 is 5.32 Å². The van der Waals surface area contributed by atoms with Gasteiger partial charge in [-0.1, -0.05) is 0 Å².